The van der Waals surface area contributed by atoms with Crippen molar-refractivity contribution in [3.05, 3.63) is 41.1 Å². The molecule has 0 radical (unpaired) electrons. The molecule has 0 bridgehead atoms. The largest absolute Gasteiger partial charge is 0.344 e. The summed E-state index contributed by atoms with van der Waals surface area (Å²) in [7, 11) is 0. The summed E-state index contributed by atoms with van der Waals surface area (Å²) in [6.07, 6.45) is 3.88. The third-order valence-electron chi connectivity index (χ3n) is 4.25. The molecule has 10 heteroatoms. The average molecular weight is 452 g/mol. The lowest BCUT2D eigenvalue weighted by atomic mass is 10.00. The Bertz CT molecular complexity index is 885. The van der Waals surface area contributed by atoms with Crippen molar-refractivity contribution in [1.82, 2.24) is 25.3 Å². The molecule has 1 aliphatic heterocycles. The van der Waals surface area contributed by atoms with Gasteiger partial charge in [0.15, 0.2) is 5.16 Å². The molecule has 1 atom stereocenters. The second kappa shape index (κ2) is 7.73. The van der Waals surface area contributed by atoms with Gasteiger partial charge in [0.05, 0.1) is 5.75 Å². The standard InChI is InChI=1S/C17H18BrN5O3S/c1-3-17(2)14(25)23(15(26)20-17)21-13(24)10-27-16-19-8-9-22(16)12-6-4-11(18)5-7-12/h4-9H,3,10H2,1-2H3,(H,20,26)(H,21,24). The summed E-state index contributed by atoms with van der Waals surface area (Å²) in [5, 5.41) is 3.96. The second-order valence-corrected chi connectivity index (χ2v) is 7.99. The van der Waals surface area contributed by atoms with Crippen LogP contribution in [-0.4, -0.2) is 43.7 Å². The number of rotatable bonds is 6. The minimum absolute atomic E-state index is 0.00738. The maximum absolute atomic E-state index is 12.3. The van der Waals surface area contributed by atoms with Crippen LogP contribution in [0, 0.1) is 0 Å². The van der Waals surface area contributed by atoms with Crippen molar-refractivity contribution >= 4 is 45.5 Å². The molecule has 2 aromatic rings. The molecule has 1 aromatic carbocycles. The number of imidazole rings is 1. The first-order chi connectivity index (χ1) is 12.8. The highest BCUT2D eigenvalue weighted by Crippen LogP contribution is 2.22. The number of aromatic nitrogens is 2. The van der Waals surface area contributed by atoms with Gasteiger partial charge >= 0.3 is 6.03 Å². The lowest BCUT2D eigenvalue weighted by Crippen LogP contribution is -2.49. The first-order valence-electron chi connectivity index (χ1n) is 8.22. The quantitative estimate of drug-likeness (QED) is 0.519. The molecule has 1 fully saturated rings. The summed E-state index contributed by atoms with van der Waals surface area (Å²) >= 11 is 4.60. The molecule has 4 amide bonds. The van der Waals surface area contributed by atoms with E-state index < -0.39 is 23.4 Å². The van der Waals surface area contributed by atoms with Crippen LogP contribution in [0.3, 0.4) is 0 Å². The molecular formula is C17H18BrN5O3S. The molecule has 3 rings (SSSR count). The van der Waals surface area contributed by atoms with Crippen molar-refractivity contribution in [2.45, 2.75) is 31.0 Å². The zero-order valence-corrected chi connectivity index (χ0v) is 17.1. The first-order valence-corrected chi connectivity index (χ1v) is 10.00. The van der Waals surface area contributed by atoms with E-state index in [9.17, 15) is 14.4 Å². The predicted molar refractivity (Wildman–Crippen MR) is 104 cm³/mol. The Morgan fingerprint density at radius 3 is 2.67 bits per heavy atom. The summed E-state index contributed by atoms with van der Waals surface area (Å²) < 4.78 is 2.82. The fourth-order valence-corrected chi connectivity index (χ4v) is 3.54. The van der Waals surface area contributed by atoms with E-state index in [1.807, 2.05) is 28.8 Å². The molecule has 1 unspecified atom stereocenters. The molecule has 2 heterocycles. The van der Waals surface area contributed by atoms with Crippen molar-refractivity contribution in [2.75, 3.05) is 5.75 Å². The Kier molecular flexibility index (Phi) is 5.56. The molecule has 2 N–H and O–H groups in total. The zero-order valence-electron chi connectivity index (χ0n) is 14.7. The number of thioether (sulfide) groups is 1. The van der Waals surface area contributed by atoms with Crippen LogP contribution in [0.1, 0.15) is 20.3 Å². The van der Waals surface area contributed by atoms with Gasteiger partial charge in [-0.15, -0.1) is 0 Å². The van der Waals surface area contributed by atoms with Crippen LogP contribution < -0.4 is 10.7 Å². The van der Waals surface area contributed by atoms with Gasteiger partial charge < -0.3 is 5.32 Å². The van der Waals surface area contributed by atoms with Crippen LogP contribution in [0.25, 0.3) is 5.69 Å². The van der Waals surface area contributed by atoms with Crippen LogP contribution in [0.4, 0.5) is 4.79 Å². The van der Waals surface area contributed by atoms with Crippen molar-refractivity contribution in [1.29, 1.82) is 0 Å². The Hall–Kier alpha value is -2.33. The average Bonchev–Trinajstić information content (AvgIpc) is 3.20. The first kappa shape index (κ1) is 19.4. The smallest absolute Gasteiger partial charge is 0.322 e. The molecule has 1 aromatic heterocycles. The normalized spacial score (nSPS) is 19.3. The van der Waals surface area contributed by atoms with Gasteiger partial charge in [-0.25, -0.2) is 9.78 Å². The van der Waals surface area contributed by atoms with Crippen LogP contribution in [0.5, 0.6) is 0 Å². The van der Waals surface area contributed by atoms with Crippen LogP contribution in [0.15, 0.2) is 46.3 Å². The molecule has 0 spiro atoms. The number of hydrogen-bond acceptors (Lipinski definition) is 5. The van der Waals surface area contributed by atoms with Crippen molar-refractivity contribution in [3.63, 3.8) is 0 Å². The molecule has 27 heavy (non-hydrogen) atoms. The van der Waals surface area contributed by atoms with Gasteiger partial charge in [-0.2, -0.15) is 5.01 Å². The molecular weight excluding hydrogens is 434 g/mol. The van der Waals surface area contributed by atoms with E-state index >= 15 is 0 Å². The fourth-order valence-electron chi connectivity index (χ4n) is 2.51. The van der Waals surface area contributed by atoms with Gasteiger partial charge in [0.2, 0.25) is 5.91 Å². The van der Waals surface area contributed by atoms with Gasteiger partial charge in [-0.05, 0) is 37.6 Å². The number of hydrogen-bond donors (Lipinski definition) is 2. The van der Waals surface area contributed by atoms with E-state index in [0.29, 0.717) is 11.6 Å². The van der Waals surface area contributed by atoms with E-state index in [1.54, 1.807) is 26.2 Å². The van der Waals surface area contributed by atoms with Gasteiger partial charge in [0.25, 0.3) is 5.91 Å². The number of urea groups is 1. The topological polar surface area (TPSA) is 96.3 Å². The number of hydrazine groups is 1. The summed E-state index contributed by atoms with van der Waals surface area (Å²) in [5.41, 5.74) is 2.28. The highest BCUT2D eigenvalue weighted by atomic mass is 79.9. The number of amides is 4. The third-order valence-corrected chi connectivity index (χ3v) is 5.74. The summed E-state index contributed by atoms with van der Waals surface area (Å²) in [6.45, 7) is 3.42. The number of nitrogens with zero attached hydrogens (tertiary/aromatic N) is 3. The molecule has 0 saturated carbocycles. The molecule has 1 saturated heterocycles. The number of nitrogens with one attached hydrogen (secondary N) is 2. The minimum atomic E-state index is -0.991. The highest BCUT2D eigenvalue weighted by molar-refractivity contribution is 9.10. The lowest BCUT2D eigenvalue weighted by molar-refractivity contribution is -0.137. The zero-order chi connectivity index (χ0) is 19.6. The lowest BCUT2D eigenvalue weighted by Gasteiger charge is -2.19. The summed E-state index contributed by atoms with van der Waals surface area (Å²) in [6, 6.07) is 7.06. The monoisotopic (exact) mass is 451 g/mol. The van der Waals surface area contributed by atoms with Crippen molar-refractivity contribution in [3.8, 4) is 5.69 Å². The second-order valence-electron chi connectivity index (χ2n) is 6.14. The van der Waals surface area contributed by atoms with E-state index in [1.165, 1.54) is 11.8 Å². The van der Waals surface area contributed by atoms with E-state index in [-0.39, 0.29) is 5.75 Å². The predicted octanol–water partition coefficient (Wildman–Crippen LogP) is 2.48. The SMILES string of the molecule is CCC1(C)NC(=O)N(NC(=O)CSc2nccn2-c2ccc(Br)cc2)C1=O. The minimum Gasteiger partial charge on any atom is -0.322 e. The Morgan fingerprint density at radius 2 is 2.04 bits per heavy atom. The Labute approximate surface area is 168 Å². The number of carbonyl (C=O) groups excluding carboxylic acids is 3. The number of imide groups is 1. The third kappa shape index (κ3) is 4.01. The number of halogens is 1. The summed E-state index contributed by atoms with van der Waals surface area (Å²) in [5.74, 6) is -0.924. The van der Waals surface area contributed by atoms with Crippen LogP contribution >= 0.6 is 27.7 Å². The Balaban J connectivity index is 1.62. The van der Waals surface area contributed by atoms with Crippen LogP contribution in [0.2, 0.25) is 0 Å². The Morgan fingerprint density at radius 1 is 1.33 bits per heavy atom. The summed E-state index contributed by atoms with van der Waals surface area (Å²) in [4.78, 5) is 40.7. The van der Waals surface area contributed by atoms with Gasteiger partial charge in [0.1, 0.15) is 5.54 Å². The highest BCUT2D eigenvalue weighted by Gasteiger charge is 2.47. The fraction of sp³-hybridized carbons (Fsp3) is 0.294. The van der Waals surface area contributed by atoms with Gasteiger partial charge in [0, 0.05) is 22.6 Å². The molecule has 1 aliphatic rings. The van der Waals surface area contributed by atoms with Gasteiger partial charge in [-0.1, -0.05) is 34.6 Å². The maximum atomic E-state index is 12.3. The van der Waals surface area contributed by atoms with Crippen LogP contribution in [-0.2, 0) is 9.59 Å². The van der Waals surface area contributed by atoms with E-state index in [0.717, 1.165) is 15.2 Å². The molecule has 8 nitrogen and oxygen atoms in total. The molecule has 142 valence electrons. The van der Waals surface area contributed by atoms with Crippen molar-refractivity contribution < 1.29 is 14.4 Å². The van der Waals surface area contributed by atoms with E-state index in [4.69, 9.17) is 0 Å². The van der Waals surface area contributed by atoms with Gasteiger partial charge in [-0.3, -0.25) is 19.6 Å². The number of benzene rings is 1. The number of carbonyl (C=O) groups is 3. The van der Waals surface area contributed by atoms with E-state index in [2.05, 4.69) is 31.7 Å². The molecule has 0 aliphatic carbocycles. The van der Waals surface area contributed by atoms with Crippen molar-refractivity contribution in [2.24, 2.45) is 0 Å². The maximum Gasteiger partial charge on any atom is 0.344 e.